The highest BCUT2D eigenvalue weighted by molar-refractivity contribution is 5.94. The average molecular weight is 395 g/mol. The van der Waals surface area contributed by atoms with Crippen LogP contribution in [0.3, 0.4) is 0 Å². The van der Waals surface area contributed by atoms with E-state index in [9.17, 15) is 14.4 Å². The van der Waals surface area contributed by atoms with Crippen molar-refractivity contribution in [1.82, 2.24) is 15.1 Å². The summed E-state index contributed by atoms with van der Waals surface area (Å²) in [5, 5.41) is 13.8. The molecule has 0 spiro atoms. The van der Waals surface area contributed by atoms with Gasteiger partial charge in [-0.05, 0) is 24.3 Å². The van der Waals surface area contributed by atoms with E-state index in [0.29, 0.717) is 42.8 Å². The third-order valence-electron chi connectivity index (χ3n) is 4.59. The Bertz CT molecular complexity index is 1020. The Balaban J connectivity index is 1.57. The zero-order valence-electron chi connectivity index (χ0n) is 16.0. The van der Waals surface area contributed by atoms with Crippen LogP contribution >= 0.6 is 0 Å². The minimum absolute atomic E-state index is 0.0271. The Kier molecular flexibility index (Phi) is 5.93. The molecular formula is C20H21N5O4. The maximum atomic E-state index is 12.3. The van der Waals surface area contributed by atoms with E-state index in [2.05, 4.69) is 31.3 Å². The van der Waals surface area contributed by atoms with Crippen LogP contribution < -0.4 is 10.9 Å². The summed E-state index contributed by atoms with van der Waals surface area (Å²) < 4.78 is 5.89. The molecule has 0 aliphatic carbocycles. The molecule has 0 fully saturated rings. The summed E-state index contributed by atoms with van der Waals surface area (Å²) in [4.78, 5) is 35.8. The largest absolute Gasteiger partial charge is 0.469 e. The lowest BCUT2D eigenvalue weighted by atomic mass is 10.0. The molecule has 1 aliphatic rings. The highest BCUT2D eigenvalue weighted by Crippen LogP contribution is 2.36. The molecule has 9 nitrogen and oxygen atoms in total. The number of hydrogen-bond acceptors (Lipinski definition) is 6. The molecule has 2 aromatic rings. The highest BCUT2D eigenvalue weighted by atomic mass is 16.5. The smallest absolute Gasteiger partial charge is 0.311 e. The standard InChI is InChI=1S/C20H21N5O4/c1-3-4-9-20(23-24-20)10-11-21-19(28)14-5-7-16(8-6-14)25-17(26)12-15(22-25)13-18(27)29-2/h1,5-8,12,22H,4,9-11,13H2,2H3,(H,21,28). The van der Waals surface area contributed by atoms with Crippen LogP contribution in [0.5, 0.6) is 0 Å². The molecule has 150 valence electrons. The third-order valence-corrected chi connectivity index (χ3v) is 4.59. The zero-order valence-corrected chi connectivity index (χ0v) is 16.0. The number of methoxy groups -OCH3 is 1. The summed E-state index contributed by atoms with van der Waals surface area (Å²) in [5.41, 5.74) is 0.714. The predicted octanol–water partition coefficient (Wildman–Crippen LogP) is 1.58. The number of esters is 1. The van der Waals surface area contributed by atoms with Crippen LogP contribution in [0.15, 0.2) is 45.4 Å². The fraction of sp³-hybridized carbons (Fsp3) is 0.350. The normalized spacial score (nSPS) is 13.5. The van der Waals surface area contributed by atoms with Crippen molar-refractivity contribution >= 4 is 11.9 Å². The van der Waals surface area contributed by atoms with Gasteiger partial charge >= 0.3 is 5.97 Å². The van der Waals surface area contributed by atoms with Crippen molar-refractivity contribution in [2.24, 2.45) is 10.2 Å². The summed E-state index contributed by atoms with van der Waals surface area (Å²) in [7, 11) is 1.28. The Labute approximate surface area is 167 Å². The Morgan fingerprint density at radius 2 is 2.00 bits per heavy atom. The van der Waals surface area contributed by atoms with Crippen molar-refractivity contribution in [3.8, 4) is 18.0 Å². The predicted molar refractivity (Wildman–Crippen MR) is 105 cm³/mol. The molecule has 0 unspecified atom stereocenters. The first-order valence-electron chi connectivity index (χ1n) is 9.10. The lowest BCUT2D eigenvalue weighted by molar-refractivity contribution is -0.139. The van der Waals surface area contributed by atoms with Gasteiger partial charge in [-0.3, -0.25) is 19.5 Å². The monoisotopic (exact) mass is 395 g/mol. The van der Waals surface area contributed by atoms with Crippen LogP contribution in [0.1, 0.15) is 35.3 Å². The van der Waals surface area contributed by atoms with Crippen LogP contribution in [-0.2, 0) is 16.0 Å². The number of rotatable bonds is 9. The van der Waals surface area contributed by atoms with E-state index in [4.69, 9.17) is 6.42 Å². The van der Waals surface area contributed by atoms with Crippen LogP contribution in [0, 0.1) is 12.3 Å². The molecular weight excluding hydrogens is 374 g/mol. The number of ether oxygens (including phenoxy) is 1. The molecule has 29 heavy (non-hydrogen) atoms. The number of aromatic nitrogens is 2. The maximum Gasteiger partial charge on any atom is 0.311 e. The Morgan fingerprint density at radius 1 is 1.28 bits per heavy atom. The second-order valence-electron chi connectivity index (χ2n) is 6.65. The molecule has 0 atom stereocenters. The van der Waals surface area contributed by atoms with Gasteiger partial charge in [0.25, 0.3) is 11.5 Å². The van der Waals surface area contributed by atoms with E-state index in [1.54, 1.807) is 24.3 Å². The molecule has 2 N–H and O–H groups in total. The first-order valence-corrected chi connectivity index (χ1v) is 9.10. The van der Waals surface area contributed by atoms with E-state index < -0.39 is 11.6 Å². The van der Waals surface area contributed by atoms with Crippen molar-refractivity contribution in [3.63, 3.8) is 0 Å². The van der Waals surface area contributed by atoms with Crippen LogP contribution in [0.2, 0.25) is 0 Å². The minimum atomic E-state index is -0.446. The van der Waals surface area contributed by atoms with Gasteiger partial charge in [-0.25, -0.2) is 4.68 Å². The van der Waals surface area contributed by atoms with Crippen molar-refractivity contribution in [1.29, 1.82) is 0 Å². The lowest BCUT2D eigenvalue weighted by Crippen LogP contribution is -2.28. The van der Waals surface area contributed by atoms with E-state index in [1.807, 2.05) is 0 Å². The van der Waals surface area contributed by atoms with Gasteiger partial charge < -0.3 is 10.1 Å². The Hall–Kier alpha value is -3.67. The number of terminal acetylenes is 1. The fourth-order valence-corrected chi connectivity index (χ4v) is 2.86. The second-order valence-corrected chi connectivity index (χ2v) is 6.65. The van der Waals surface area contributed by atoms with Gasteiger partial charge in [0.2, 0.25) is 0 Å². The number of carbonyl (C=O) groups excluding carboxylic acids is 2. The minimum Gasteiger partial charge on any atom is -0.469 e. The highest BCUT2D eigenvalue weighted by Gasteiger charge is 2.38. The molecule has 0 radical (unpaired) electrons. The number of hydrogen-bond donors (Lipinski definition) is 2. The van der Waals surface area contributed by atoms with Gasteiger partial charge in [0.15, 0.2) is 5.66 Å². The van der Waals surface area contributed by atoms with Crippen molar-refractivity contribution in [3.05, 3.63) is 51.9 Å². The molecule has 3 rings (SSSR count). The summed E-state index contributed by atoms with van der Waals surface area (Å²) in [6, 6.07) is 7.88. The van der Waals surface area contributed by atoms with E-state index in [-0.39, 0.29) is 17.9 Å². The first kappa shape index (κ1) is 20.1. The summed E-state index contributed by atoms with van der Waals surface area (Å²) >= 11 is 0. The molecule has 1 aromatic heterocycles. The first-order chi connectivity index (χ1) is 14.0. The summed E-state index contributed by atoms with van der Waals surface area (Å²) in [5.74, 6) is 1.89. The number of benzene rings is 1. The SMILES string of the molecule is C#CCCC1(CCNC(=O)c2ccc(-n3[nH]c(CC(=O)OC)cc3=O)cc2)N=N1. The zero-order chi connectivity index (χ0) is 20.9. The van der Waals surface area contributed by atoms with Gasteiger partial charge in [-0.2, -0.15) is 10.2 Å². The molecule has 0 saturated carbocycles. The molecule has 1 aromatic carbocycles. The van der Waals surface area contributed by atoms with Crippen LogP contribution in [0.4, 0.5) is 0 Å². The molecule has 2 heterocycles. The average Bonchev–Trinajstić information content (AvgIpc) is 3.40. The van der Waals surface area contributed by atoms with Gasteiger partial charge in [0, 0.05) is 43.1 Å². The maximum absolute atomic E-state index is 12.3. The van der Waals surface area contributed by atoms with Crippen LogP contribution in [0.25, 0.3) is 5.69 Å². The molecule has 1 aliphatic heterocycles. The van der Waals surface area contributed by atoms with Gasteiger partial charge in [-0.15, -0.1) is 12.3 Å². The number of nitrogens with zero attached hydrogens (tertiary/aromatic N) is 3. The molecule has 0 saturated heterocycles. The number of nitrogens with one attached hydrogen (secondary N) is 2. The Morgan fingerprint density at radius 3 is 2.62 bits per heavy atom. The number of H-pyrrole nitrogens is 1. The number of carbonyl (C=O) groups is 2. The van der Waals surface area contributed by atoms with Crippen LogP contribution in [-0.4, -0.2) is 41.0 Å². The second kappa shape index (κ2) is 8.56. The van der Waals surface area contributed by atoms with Gasteiger partial charge in [0.05, 0.1) is 19.2 Å². The third kappa shape index (κ3) is 4.99. The van der Waals surface area contributed by atoms with Crippen molar-refractivity contribution < 1.29 is 14.3 Å². The fourth-order valence-electron chi connectivity index (χ4n) is 2.86. The van der Waals surface area contributed by atoms with Gasteiger partial charge in [0.1, 0.15) is 0 Å². The number of aromatic amines is 1. The summed E-state index contributed by atoms with van der Waals surface area (Å²) in [6.07, 6.45) is 7.14. The van der Waals surface area contributed by atoms with Crippen molar-refractivity contribution in [2.75, 3.05) is 13.7 Å². The van der Waals surface area contributed by atoms with E-state index >= 15 is 0 Å². The van der Waals surface area contributed by atoms with Crippen molar-refractivity contribution in [2.45, 2.75) is 31.3 Å². The number of amides is 1. The molecule has 0 bridgehead atoms. The molecule has 9 heteroatoms. The summed E-state index contributed by atoms with van der Waals surface area (Å²) in [6.45, 7) is 0.436. The molecule has 1 amide bonds. The lowest BCUT2D eigenvalue weighted by Gasteiger charge is -2.10. The van der Waals surface area contributed by atoms with Gasteiger partial charge in [-0.1, -0.05) is 0 Å². The van der Waals surface area contributed by atoms with E-state index in [1.165, 1.54) is 17.9 Å². The van der Waals surface area contributed by atoms with E-state index in [0.717, 1.165) is 0 Å². The quantitative estimate of drug-likeness (QED) is 0.495. The topological polar surface area (TPSA) is 118 Å².